The molecule has 1 amide bonds. The molecule has 2 aliphatic rings. The standard InChI is InChI=1S/C21H29N5O2S/c1-16-12-25(13-17(2)28-16)20(27)15-29-21-23-22-19(14-24-10-6-7-11-24)26(21)18-8-4-3-5-9-18/h3-5,8-9,16-17H,6-7,10-15H2,1-2H3/t16-,17+. The van der Waals surface area contributed by atoms with Crippen molar-refractivity contribution in [1.29, 1.82) is 0 Å². The Morgan fingerprint density at radius 2 is 1.79 bits per heavy atom. The van der Waals surface area contributed by atoms with Crippen LogP contribution in [0.2, 0.25) is 0 Å². The minimum atomic E-state index is 0.0766. The number of para-hydroxylation sites is 1. The molecule has 0 spiro atoms. The van der Waals surface area contributed by atoms with E-state index in [1.807, 2.05) is 36.9 Å². The van der Waals surface area contributed by atoms with Gasteiger partial charge in [0, 0.05) is 18.8 Å². The quantitative estimate of drug-likeness (QED) is 0.676. The van der Waals surface area contributed by atoms with E-state index in [1.54, 1.807) is 0 Å². The van der Waals surface area contributed by atoms with E-state index in [0.29, 0.717) is 18.8 Å². The molecule has 0 saturated carbocycles. The first-order valence-electron chi connectivity index (χ1n) is 10.4. The maximum atomic E-state index is 12.8. The van der Waals surface area contributed by atoms with Crippen LogP contribution in [-0.2, 0) is 16.1 Å². The smallest absolute Gasteiger partial charge is 0.233 e. The number of carbonyl (C=O) groups excluding carboxylic acids is 1. The molecule has 0 N–H and O–H groups in total. The summed E-state index contributed by atoms with van der Waals surface area (Å²) >= 11 is 1.46. The van der Waals surface area contributed by atoms with Crippen molar-refractivity contribution in [2.75, 3.05) is 31.9 Å². The van der Waals surface area contributed by atoms with Crippen molar-refractivity contribution in [2.24, 2.45) is 0 Å². The molecule has 2 atom stereocenters. The zero-order chi connectivity index (χ0) is 20.2. The third-order valence-corrected chi connectivity index (χ3v) is 6.29. The molecule has 1 aromatic heterocycles. The van der Waals surface area contributed by atoms with Gasteiger partial charge in [-0.15, -0.1) is 10.2 Å². The lowest BCUT2D eigenvalue weighted by molar-refractivity contribution is -0.140. The molecule has 1 aromatic carbocycles. The first-order valence-corrected chi connectivity index (χ1v) is 11.4. The Balaban J connectivity index is 1.49. The summed E-state index contributed by atoms with van der Waals surface area (Å²) in [6.07, 6.45) is 2.64. The molecule has 0 radical (unpaired) electrons. The van der Waals surface area contributed by atoms with E-state index < -0.39 is 0 Å². The lowest BCUT2D eigenvalue weighted by atomic mass is 10.2. The van der Waals surface area contributed by atoms with E-state index >= 15 is 0 Å². The van der Waals surface area contributed by atoms with Crippen molar-refractivity contribution in [3.8, 4) is 5.69 Å². The Bertz CT molecular complexity index is 812. The van der Waals surface area contributed by atoms with Crippen molar-refractivity contribution < 1.29 is 9.53 Å². The van der Waals surface area contributed by atoms with Crippen LogP contribution in [0.15, 0.2) is 35.5 Å². The predicted octanol–water partition coefficient (Wildman–Crippen LogP) is 2.59. The molecule has 0 bridgehead atoms. The number of hydrogen-bond acceptors (Lipinski definition) is 6. The SMILES string of the molecule is C[C@@H]1CN(C(=O)CSc2nnc(CN3CCCC3)n2-c2ccccc2)C[C@H](C)O1. The zero-order valence-electron chi connectivity index (χ0n) is 17.2. The molecule has 8 heteroatoms. The molecule has 2 aliphatic heterocycles. The summed E-state index contributed by atoms with van der Waals surface area (Å²) in [6.45, 7) is 8.32. The minimum absolute atomic E-state index is 0.0766. The van der Waals surface area contributed by atoms with E-state index in [-0.39, 0.29) is 18.1 Å². The van der Waals surface area contributed by atoms with Crippen molar-refractivity contribution in [2.45, 2.75) is 50.6 Å². The summed E-state index contributed by atoms with van der Waals surface area (Å²) in [5, 5.41) is 9.68. The van der Waals surface area contributed by atoms with Gasteiger partial charge in [0.25, 0.3) is 0 Å². The van der Waals surface area contributed by atoms with Gasteiger partial charge < -0.3 is 9.64 Å². The Morgan fingerprint density at radius 1 is 1.10 bits per heavy atom. The monoisotopic (exact) mass is 415 g/mol. The summed E-state index contributed by atoms with van der Waals surface area (Å²) in [4.78, 5) is 17.1. The van der Waals surface area contributed by atoms with Gasteiger partial charge in [-0.2, -0.15) is 0 Å². The second-order valence-corrected chi connectivity index (χ2v) is 8.84. The molecule has 0 unspecified atom stereocenters. The predicted molar refractivity (Wildman–Crippen MR) is 113 cm³/mol. The first kappa shape index (κ1) is 20.4. The number of hydrogen-bond donors (Lipinski definition) is 0. The van der Waals surface area contributed by atoms with Crippen LogP contribution in [0.25, 0.3) is 5.69 Å². The van der Waals surface area contributed by atoms with Gasteiger partial charge in [0.1, 0.15) is 0 Å². The van der Waals surface area contributed by atoms with E-state index in [1.165, 1.54) is 24.6 Å². The highest BCUT2D eigenvalue weighted by molar-refractivity contribution is 7.99. The Kier molecular flexibility index (Phi) is 6.52. The summed E-state index contributed by atoms with van der Waals surface area (Å²) in [6, 6.07) is 10.2. The lowest BCUT2D eigenvalue weighted by Crippen LogP contribution is -2.48. The molecule has 29 heavy (non-hydrogen) atoms. The van der Waals surface area contributed by atoms with Crippen LogP contribution in [0.4, 0.5) is 0 Å². The fourth-order valence-corrected chi connectivity index (χ4v) is 4.95. The van der Waals surface area contributed by atoms with Gasteiger partial charge in [-0.3, -0.25) is 14.3 Å². The average molecular weight is 416 g/mol. The molecule has 4 rings (SSSR count). The normalized spacial score (nSPS) is 22.9. The first-order chi connectivity index (χ1) is 14.1. The number of ether oxygens (including phenoxy) is 1. The molecule has 0 aliphatic carbocycles. The Morgan fingerprint density at radius 3 is 2.48 bits per heavy atom. The molecule has 2 fully saturated rings. The molecule has 3 heterocycles. The zero-order valence-corrected chi connectivity index (χ0v) is 18.0. The summed E-state index contributed by atoms with van der Waals surface area (Å²) < 4.78 is 7.84. The van der Waals surface area contributed by atoms with E-state index in [0.717, 1.165) is 36.3 Å². The number of morpholine rings is 1. The highest BCUT2D eigenvalue weighted by Crippen LogP contribution is 2.24. The largest absolute Gasteiger partial charge is 0.372 e. The Labute approximate surface area is 176 Å². The number of aromatic nitrogens is 3. The van der Waals surface area contributed by atoms with Crippen LogP contribution in [-0.4, -0.2) is 74.6 Å². The maximum absolute atomic E-state index is 12.8. The summed E-state index contributed by atoms with van der Waals surface area (Å²) in [5.41, 5.74) is 1.04. The molecule has 2 aromatic rings. The number of thioether (sulfide) groups is 1. The third kappa shape index (κ3) is 4.99. The summed E-state index contributed by atoms with van der Waals surface area (Å²) in [7, 11) is 0. The van der Waals surface area contributed by atoms with Gasteiger partial charge in [0.05, 0.1) is 24.5 Å². The van der Waals surface area contributed by atoms with Gasteiger partial charge in [-0.05, 0) is 51.9 Å². The van der Waals surface area contributed by atoms with Gasteiger partial charge in [0.2, 0.25) is 5.91 Å². The molecular formula is C21H29N5O2S. The van der Waals surface area contributed by atoms with Crippen LogP contribution in [0.3, 0.4) is 0 Å². The van der Waals surface area contributed by atoms with Crippen molar-refractivity contribution in [3.05, 3.63) is 36.2 Å². The van der Waals surface area contributed by atoms with Crippen LogP contribution in [0.5, 0.6) is 0 Å². The van der Waals surface area contributed by atoms with Gasteiger partial charge in [-0.25, -0.2) is 0 Å². The minimum Gasteiger partial charge on any atom is -0.372 e. The van der Waals surface area contributed by atoms with E-state index in [4.69, 9.17) is 4.74 Å². The van der Waals surface area contributed by atoms with Gasteiger partial charge in [0.15, 0.2) is 11.0 Å². The molecule has 156 valence electrons. The number of benzene rings is 1. The van der Waals surface area contributed by atoms with Gasteiger partial charge in [-0.1, -0.05) is 30.0 Å². The van der Waals surface area contributed by atoms with Crippen LogP contribution >= 0.6 is 11.8 Å². The second kappa shape index (κ2) is 9.28. The molecule has 2 saturated heterocycles. The third-order valence-electron chi connectivity index (χ3n) is 5.38. The van der Waals surface area contributed by atoms with Crippen LogP contribution in [0, 0.1) is 0 Å². The van der Waals surface area contributed by atoms with E-state index in [2.05, 4.69) is 31.8 Å². The number of carbonyl (C=O) groups is 1. The number of likely N-dealkylation sites (tertiary alicyclic amines) is 1. The van der Waals surface area contributed by atoms with Crippen molar-refractivity contribution >= 4 is 17.7 Å². The highest BCUT2D eigenvalue weighted by Gasteiger charge is 2.26. The van der Waals surface area contributed by atoms with Crippen LogP contribution < -0.4 is 0 Å². The highest BCUT2D eigenvalue weighted by atomic mass is 32.2. The van der Waals surface area contributed by atoms with Crippen LogP contribution in [0.1, 0.15) is 32.5 Å². The summed E-state index contributed by atoms with van der Waals surface area (Å²) in [5.74, 6) is 1.41. The maximum Gasteiger partial charge on any atom is 0.233 e. The van der Waals surface area contributed by atoms with Crippen molar-refractivity contribution in [3.63, 3.8) is 0 Å². The average Bonchev–Trinajstić information content (AvgIpc) is 3.36. The van der Waals surface area contributed by atoms with Gasteiger partial charge >= 0.3 is 0 Å². The number of nitrogens with zero attached hydrogens (tertiary/aromatic N) is 5. The molecule has 7 nitrogen and oxygen atoms in total. The number of rotatable bonds is 6. The topological polar surface area (TPSA) is 63.5 Å². The van der Waals surface area contributed by atoms with E-state index in [9.17, 15) is 4.79 Å². The fraction of sp³-hybridized carbons (Fsp3) is 0.571. The number of amides is 1. The fourth-order valence-electron chi connectivity index (χ4n) is 4.07. The second-order valence-electron chi connectivity index (χ2n) is 7.90. The Hall–Kier alpha value is -1.90. The molecular weight excluding hydrogens is 386 g/mol. The van der Waals surface area contributed by atoms with Crippen molar-refractivity contribution in [1.82, 2.24) is 24.6 Å². The lowest BCUT2D eigenvalue weighted by Gasteiger charge is -2.35.